The van der Waals surface area contributed by atoms with Gasteiger partial charge in [0.25, 0.3) is 0 Å². The number of benzene rings is 1. The zero-order valence-corrected chi connectivity index (χ0v) is 13.0. The summed E-state index contributed by atoms with van der Waals surface area (Å²) in [5.74, 6) is 0.925. The third kappa shape index (κ3) is 4.25. The molecule has 0 atom stereocenters. The van der Waals surface area contributed by atoms with Crippen molar-refractivity contribution in [2.45, 2.75) is 26.9 Å². The van der Waals surface area contributed by atoms with E-state index in [0.29, 0.717) is 6.61 Å². The molecule has 4 nitrogen and oxygen atoms in total. The van der Waals surface area contributed by atoms with E-state index in [2.05, 4.69) is 29.5 Å². The molecule has 0 spiro atoms. The fourth-order valence-electron chi connectivity index (χ4n) is 1.93. The van der Waals surface area contributed by atoms with Crippen molar-refractivity contribution in [1.82, 2.24) is 15.1 Å². The number of aromatic nitrogens is 2. The molecule has 0 saturated carbocycles. The molecule has 1 N–H and O–H groups in total. The van der Waals surface area contributed by atoms with Crippen LogP contribution in [0.4, 0.5) is 0 Å². The van der Waals surface area contributed by atoms with Crippen molar-refractivity contribution in [3.63, 3.8) is 0 Å². The van der Waals surface area contributed by atoms with Gasteiger partial charge in [0.05, 0.1) is 12.8 Å². The number of aryl methyl sites for hydroxylation is 1. The lowest BCUT2D eigenvalue weighted by molar-refractivity contribution is 0.340. The Kier molecular flexibility index (Phi) is 6.55. The highest BCUT2D eigenvalue weighted by Crippen LogP contribution is 2.12. The van der Waals surface area contributed by atoms with Gasteiger partial charge in [0.1, 0.15) is 5.75 Å². The number of rotatable bonds is 6. The molecule has 0 aliphatic rings. The topological polar surface area (TPSA) is 39.1 Å². The molecular weight excluding hydrogens is 274 g/mol. The molecule has 0 unspecified atom stereocenters. The van der Waals surface area contributed by atoms with E-state index >= 15 is 0 Å². The summed E-state index contributed by atoms with van der Waals surface area (Å²) in [4.78, 5) is 0. The number of nitrogens with one attached hydrogen (secondary N) is 1. The molecule has 1 aromatic heterocycles. The minimum Gasteiger partial charge on any atom is -0.494 e. The van der Waals surface area contributed by atoms with Crippen LogP contribution in [-0.2, 0) is 20.1 Å². The smallest absolute Gasteiger partial charge is 0.119 e. The van der Waals surface area contributed by atoms with Crippen LogP contribution < -0.4 is 10.1 Å². The molecule has 0 amide bonds. The van der Waals surface area contributed by atoms with Crippen LogP contribution in [0, 0.1) is 6.92 Å². The lowest BCUT2D eigenvalue weighted by atomic mass is 10.2. The molecule has 0 saturated heterocycles. The summed E-state index contributed by atoms with van der Waals surface area (Å²) in [6.45, 7) is 6.47. The summed E-state index contributed by atoms with van der Waals surface area (Å²) in [6, 6.07) is 8.20. The molecule has 1 heterocycles. The number of hydrogen-bond acceptors (Lipinski definition) is 3. The van der Waals surface area contributed by atoms with Crippen LogP contribution >= 0.6 is 12.4 Å². The van der Waals surface area contributed by atoms with E-state index in [1.807, 2.05) is 37.0 Å². The van der Waals surface area contributed by atoms with Crippen molar-refractivity contribution < 1.29 is 4.74 Å². The molecule has 5 heteroatoms. The standard InChI is InChI=1S/C15H21N3O.ClH/c1-4-19-15-7-5-13(6-8-15)9-16-10-14-11-17-18(3)12(14)2;/h5-8,11,16H,4,9-10H2,1-3H3;1H. The largest absolute Gasteiger partial charge is 0.494 e. The molecule has 2 aromatic rings. The molecule has 0 fully saturated rings. The van der Waals surface area contributed by atoms with E-state index in [-0.39, 0.29) is 12.4 Å². The summed E-state index contributed by atoms with van der Waals surface area (Å²) in [5, 5.41) is 7.66. The Bertz CT molecular complexity index is 522. The van der Waals surface area contributed by atoms with Crippen LogP contribution in [0.15, 0.2) is 30.5 Å². The summed E-state index contributed by atoms with van der Waals surface area (Å²) < 4.78 is 7.32. The van der Waals surface area contributed by atoms with Crippen molar-refractivity contribution >= 4 is 12.4 Å². The summed E-state index contributed by atoms with van der Waals surface area (Å²) in [7, 11) is 1.96. The fourth-order valence-corrected chi connectivity index (χ4v) is 1.93. The Morgan fingerprint density at radius 1 is 1.20 bits per heavy atom. The molecule has 0 bridgehead atoms. The predicted molar refractivity (Wildman–Crippen MR) is 83.3 cm³/mol. The van der Waals surface area contributed by atoms with Gasteiger partial charge < -0.3 is 10.1 Å². The van der Waals surface area contributed by atoms with Crippen molar-refractivity contribution in [1.29, 1.82) is 0 Å². The van der Waals surface area contributed by atoms with Crippen LogP contribution in [0.3, 0.4) is 0 Å². The van der Waals surface area contributed by atoms with Gasteiger partial charge in [-0.15, -0.1) is 12.4 Å². The van der Waals surface area contributed by atoms with E-state index in [4.69, 9.17) is 4.74 Å². The first-order valence-electron chi connectivity index (χ1n) is 6.60. The Hall–Kier alpha value is -1.52. The van der Waals surface area contributed by atoms with Gasteiger partial charge in [-0.1, -0.05) is 12.1 Å². The highest BCUT2D eigenvalue weighted by Gasteiger charge is 2.02. The minimum absolute atomic E-state index is 0. The van der Waals surface area contributed by atoms with Crippen molar-refractivity contribution in [3.8, 4) is 5.75 Å². The van der Waals surface area contributed by atoms with Gasteiger partial charge in [-0.2, -0.15) is 5.10 Å². The molecular formula is C15H22ClN3O. The number of halogens is 1. The first-order valence-corrected chi connectivity index (χ1v) is 6.60. The van der Waals surface area contributed by atoms with Crippen LogP contribution in [0.5, 0.6) is 5.75 Å². The van der Waals surface area contributed by atoms with E-state index in [9.17, 15) is 0 Å². The van der Waals surface area contributed by atoms with E-state index in [1.165, 1.54) is 16.8 Å². The monoisotopic (exact) mass is 295 g/mol. The quantitative estimate of drug-likeness (QED) is 0.891. The maximum Gasteiger partial charge on any atom is 0.119 e. The number of hydrogen-bond donors (Lipinski definition) is 1. The van der Waals surface area contributed by atoms with Crippen LogP contribution in [-0.4, -0.2) is 16.4 Å². The van der Waals surface area contributed by atoms with Gasteiger partial charge in [0.2, 0.25) is 0 Å². The second-order valence-corrected chi connectivity index (χ2v) is 4.56. The molecule has 110 valence electrons. The van der Waals surface area contributed by atoms with Gasteiger partial charge in [0, 0.05) is 31.4 Å². The molecule has 0 radical (unpaired) electrons. The zero-order chi connectivity index (χ0) is 13.7. The average molecular weight is 296 g/mol. The van der Waals surface area contributed by atoms with Crippen LogP contribution in [0.25, 0.3) is 0 Å². The Balaban J connectivity index is 0.00000200. The van der Waals surface area contributed by atoms with Crippen LogP contribution in [0.1, 0.15) is 23.7 Å². The van der Waals surface area contributed by atoms with Crippen molar-refractivity contribution in [3.05, 3.63) is 47.3 Å². The first kappa shape index (κ1) is 16.5. The fraction of sp³-hybridized carbons (Fsp3) is 0.400. The molecule has 0 aliphatic heterocycles. The maximum atomic E-state index is 5.42. The highest BCUT2D eigenvalue weighted by molar-refractivity contribution is 5.85. The third-order valence-corrected chi connectivity index (χ3v) is 3.22. The molecule has 0 aliphatic carbocycles. The summed E-state index contributed by atoms with van der Waals surface area (Å²) in [6.07, 6.45) is 1.92. The van der Waals surface area contributed by atoms with Crippen LogP contribution in [0.2, 0.25) is 0 Å². The minimum atomic E-state index is 0. The van der Waals surface area contributed by atoms with Gasteiger partial charge in [-0.3, -0.25) is 4.68 Å². The highest BCUT2D eigenvalue weighted by atomic mass is 35.5. The van der Waals surface area contributed by atoms with Gasteiger partial charge in [0.15, 0.2) is 0 Å². The zero-order valence-electron chi connectivity index (χ0n) is 12.2. The van der Waals surface area contributed by atoms with E-state index < -0.39 is 0 Å². The summed E-state index contributed by atoms with van der Waals surface area (Å²) in [5.41, 5.74) is 3.71. The lowest BCUT2D eigenvalue weighted by Crippen LogP contribution is -2.13. The second-order valence-electron chi connectivity index (χ2n) is 4.56. The van der Waals surface area contributed by atoms with Gasteiger partial charge >= 0.3 is 0 Å². The lowest BCUT2D eigenvalue weighted by Gasteiger charge is -2.06. The molecule has 20 heavy (non-hydrogen) atoms. The first-order chi connectivity index (χ1) is 9.20. The number of nitrogens with zero attached hydrogens (tertiary/aromatic N) is 2. The Labute approximate surface area is 126 Å². The summed E-state index contributed by atoms with van der Waals surface area (Å²) >= 11 is 0. The second kappa shape index (κ2) is 7.92. The third-order valence-electron chi connectivity index (χ3n) is 3.22. The molecule has 2 rings (SSSR count). The molecule has 1 aromatic carbocycles. The van der Waals surface area contributed by atoms with Crippen molar-refractivity contribution in [2.24, 2.45) is 7.05 Å². The van der Waals surface area contributed by atoms with E-state index in [1.54, 1.807) is 0 Å². The van der Waals surface area contributed by atoms with E-state index in [0.717, 1.165) is 18.8 Å². The predicted octanol–water partition coefficient (Wildman–Crippen LogP) is 2.84. The van der Waals surface area contributed by atoms with Gasteiger partial charge in [-0.05, 0) is 31.5 Å². The van der Waals surface area contributed by atoms with Crippen molar-refractivity contribution in [2.75, 3.05) is 6.61 Å². The average Bonchev–Trinajstić information content (AvgIpc) is 2.73. The number of ether oxygens (including phenoxy) is 1. The SMILES string of the molecule is CCOc1ccc(CNCc2cnn(C)c2C)cc1.Cl. The Morgan fingerprint density at radius 2 is 1.90 bits per heavy atom. The van der Waals surface area contributed by atoms with Gasteiger partial charge in [-0.25, -0.2) is 0 Å². The maximum absolute atomic E-state index is 5.42. The normalized spacial score (nSPS) is 10.2. The Morgan fingerprint density at radius 3 is 2.45 bits per heavy atom.